The summed E-state index contributed by atoms with van der Waals surface area (Å²) < 4.78 is 0.795. The maximum atomic E-state index is 4.86. The van der Waals surface area contributed by atoms with Crippen LogP contribution >= 0.6 is 24.8 Å². The predicted octanol–water partition coefficient (Wildman–Crippen LogP) is 2.66. The highest BCUT2D eigenvalue weighted by Gasteiger charge is 1.93. The van der Waals surface area contributed by atoms with Crippen molar-refractivity contribution in [2.75, 3.05) is 0 Å². The van der Waals surface area contributed by atoms with Crippen molar-refractivity contribution in [3.63, 3.8) is 0 Å². The van der Waals surface area contributed by atoms with Crippen molar-refractivity contribution >= 4 is 29.0 Å². The number of nitrogens with zero attached hydrogens (tertiary/aromatic N) is 1. The van der Waals surface area contributed by atoms with Crippen LogP contribution in [0.5, 0.6) is 0 Å². The Bertz CT molecular complexity index is 246. The number of thiocarbonyl (C=S) groups is 1. The summed E-state index contributed by atoms with van der Waals surface area (Å²) in [5.74, 6) is 0. The highest BCUT2D eigenvalue weighted by atomic mass is 32.1. The van der Waals surface area contributed by atoms with Gasteiger partial charge in [-0.05, 0) is 37.0 Å². The van der Waals surface area contributed by atoms with Crippen LogP contribution in [0.1, 0.15) is 18.4 Å². The molecule has 1 rings (SSSR count). The van der Waals surface area contributed by atoms with Gasteiger partial charge in [-0.1, -0.05) is 12.2 Å². The van der Waals surface area contributed by atoms with Crippen molar-refractivity contribution in [3.05, 3.63) is 30.1 Å². The van der Waals surface area contributed by atoms with E-state index in [9.17, 15) is 0 Å². The molecule has 64 valence electrons. The molecule has 0 fully saturated rings. The van der Waals surface area contributed by atoms with E-state index in [0.29, 0.717) is 0 Å². The number of hydrogen-bond donors (Lipinski definition) is 1. The fourth-order valence-electron chi connectivity index (χ4n) is 0.993. The normalized spacial score (nSPS) is 9.75. The van der Waals surface area contributed by atoms with E-state index in [4.69, 9.17) is 12.2 Å². The summed E-state index contributed by atoms with van der Waals surface area (Å²) in [7, 11) is 0. The van der Waals surface area contributed by atoms with Crippen molar-refractivity contribution < 1.29 is 0 Å². The summed E-state index contributed by atoms with van der Waals surface area (Å²) in [6.07, 6.45) is 6.68. The lowest BCUT2D eigenvalue weighted by Crippen LogP contribution is -1.88. The standard InChI is InChI=1S/C9H11NS2/c11-9(12)3-1-2-8-4-6-10-7-5-8/h4-7H,1-3H2,(H,11,12). The van der Waals surface area contributed by atoms with Crippen LogP contribution < -0.4 is 0 Å². The van der Waals surface area contributed by atoms with E-state index in [0.717, 1.165) is 23.5 Å². The summed E-state index contributed by atoms with van der Waals surface area (Å²) in [5, 5.41) is 0. The van der Waals surface area contributed by atoms with E-state index in [1.807, 2.05) is 24.5 Å². The molecule has 1 nitrogen and oxygen atoms in total. The number of aromatic nitrogens is 1. The van der Waals surface area contributed by atoms with E-state index in [-0.39, 0.29) is 0 Å². The minimum atomic E-state index is 0.795. The molecule has 0 unspecified atom stereocenters. The molecule has 0 amide bonds. The Morgan fingerprint density at radius 3 is 2.67 bits per heavy atom. The molecule has 0 aromatic carbocycles. The van der Waals surface area contributed by atoms with Gasteiger partial charge in [0.1, 0.15) is 0 Å². The van der Waals surface area contributed by atoms with Crippen LogP contribution in [-0.4, -0.2) is 9.18 Å². The molecule has 0 spiro atoms. The average Bonchev–Trinajstić information content (AvgIpc) is 2.05. The first-order chi connectivity index (χ1) is 5.79. The highest BCUT2D eigenvalue weighted by Crippen LogP contribution is 2.05. The molecular formula is C9H11NS2. The van der Waals surface area contributed by atoms with Gasteiger partial charge in [-0.25, -0.2) is 0 Å². The van der Waals surface area contributed by atoms with Crippen molar-refractivity contribution in [2.24, 2.45) is 0 Å². The van der Waals surface area contributed by atoms with Gasteiger partial charge >= 0.3 is 0 Å². The van der Waals surface area contributed by atoms with E-state index < -0.39 is 0 Å². The molecule has 0 aliphatic carbocycles. The molecule has 0 bridgehead atoms. The van der Waals surface area contributed by atoms with E-state index in [1.165, 1.54) is 5.56 Å². The highest BCUT2D eigenvalue weighted by molar-refractivity contribution is 8.11. The van der Waals surface area contributed by atoms with Crippen LogP contribution in [0.2, 0.25) is 0 Å². The Labute approximate surface area is 83.6 Å². The van der Waals surface area contributed by atoms with Gasteiger partial charge in [0.2, 0.25) is 0 Å². The lowest BCUT2D eigenvalue weighted by atomic mass is 10.1. The van der Waals surface area contributed by atoms with Crippen LogP contribution in [0.4, 0.5) is 0 Å². The molecule has 12 heavy (non-hydrogen) atoms. The van der Waals surface area contributed by atoms with Crippen LogP contribution in [0.15, 0.2) is 24.5 Å². The first-order valence-corrected chi connectivity index (χ1v) is 4.75. The topological polar surface area (TPSA) is 12.9 Å². The summed E-state index contributed by atoms with van der Waals surface area (Å²) in [5.41, 5.74) is 1.31. The van der Waals surface area contributed by atoms with Crippen molar-refractivity contribution in [3.8, 4) is 0 Å². The van der Waals surface area contributed by atoms with Gasteiger partial charge in [-0.15, -0.1) is 12.6 Å². The zero-order valence-corrected chi connectivity index (χ0v) is 8.44. The maximum Gasteiger partial charge on any atom is 0.0448 e. The van der Waals surface area contributed by atoms with E-state index in [1.54, 1.807) is 0 Å². The molecule has 0 saturated carbocycles. The zero-order valence-electron chi connectivity index (χ0n) is 6.73. The minimum Gasteiger partial charge on any atom is -0.265 e. The Hall–Kier alpha value is -0.410. The van der Waals surface area contributed by atoms with Gasteiger partial charge in [0, 0.05) is 16.6 Å². The molecule has 1 aromatic heterocycles. The van der Waals surface area contributed by atoms with Crippen molar-refractivity contribution in [1.82, 2.24) is 4.98 Å². The first-order valence-electron chi connectivity index (χ1n) is 3.90. The summed E-state index contributed by atoms with van der Waals surface area (Å²) in [4.78, 5) is 3.95. The predicted molar refractivity (Wildman–Crippen MR) is 58.8 cm³/mol. The van der Waals surface area contributed by atoms with Gasteiger partial charge in [-0.3, -0.25) is 4.98 Å². The molecule has 0 N–H and O–H groups in total. The van der Waals surface area contributed by atoms with Crippen LogP contribution in [0, 0.1) is 0 Å². The maximum absolute atomic E-state index is 4.86. The van der Waals surface area contributed by atoms with Gasteiger partial charge < -0.3 is 0 Å². The smallest absolute Gasteiger partial charge is 0.0448 e. The number of hydrogen-bond acceptors (Lipinski definition) is 2. The monoisotopic (exact) mass is 197 g/mol. The van der Waals surface area contributed by atoms with Gasteiger partial charge in [0.15, 0.2) is 0 Å². The Morgan fingerprint density at radius 1 is 1.42 bits per heavy atom. The lowest BCUT2D eigenvalue weighted by Gasteiger charge is -1.98. The fraction of sp³-hybridized carbons (Fsp3) is 0.333. The molecule has 3 heteroatoms. The average molecular weight is 197 g/mol. The summed E-state index contributed by atoms with van der Waals surface area (Å²) in [6.45, 7) is 0. The van der Waals surface area contributed by atoms with Gasteiger partial charge in [0.25, 0.3) is 0 Å². The lowest BCUT2D eigenvalue weighted by molar-refractivity contribution is 0.874. The summed E-state index contributed by atoms with van der Waals surface area (Å²) in [6, 6.07) is 4.06. The minimum absolute atomic E-state index is 0.795. The second-order valence-corrected chi connectivity index (χ2v) is 3.94. The molecule has 0 aliphatic rings. The number of pyridine rings is 1. The van der Waals surface area contributed by atoms with Crippen LogP contribution in [-0.2, 0) is 6.42 Å². The third-order valence-electron chi connectivity index (χ3n) is 1.61. The van der Waals surface area contributed by atoms with Gasteiger partial charge in [-0.2, -0.15) is 0 Å². The summed E-state index contributed by atoms with van der Waals surface area (Å²) >= 11 is 8.93. The molecule has 1 heterocycles. The molecular weight excluding hydrogens is 186 g/mol. The second-order valence-electron chi connectivity index (χ2n) is 2.60. The molecule has 0 atom stereocenters. The molecule has 0 saturated heterocycles. The molecule has 0 radical (unpaired) electrons. The quantitative estimate of drug-likeness (QED) is 0.588. The van der Waals surface area contributed by atoms with Crippen LogP contribution in [0.3, 0.4) is 0 Å². The van der Waals surface area contributed by atoms with Crippen LogP contribution in [0.25, 0.3) is 0 Å². The Kier molecular flexibility index (Phi) is 4.25. The molecule has 0 aliphatic heterocycles. The van der Waals surface area contributed by atoms with E-state index >= 15 is 0 Å². The third kappa shape index (κ3) is 3.83. The zero-order chi connectivity index (χ0) is 8.81. The number of aryl methyl sites for hydroxylation is 1. The Morgan fingerprint density at radius 2 is 2.08 bits per heavy atom. The van der Waals surface area contributed by atoms with Gasteiger partial charge in [0.05, 0.1) is 0 Å². The van der Waals surface area contributed by atoms with Crippen molar-refractivity contribution in [1.29, 1.82) is 0 Å². The first kappa shape index (κ1) is 9.68. The van der Waals surface area contributed by atoms with Crippen molar-refractivity contribution in [2.45, 2.75) is 19.3 Å². The number of rotatable bonds is 4. The molecule has 1 aromatic rings. The second kappa shape index (κ2) is 5.27. The fourth-order valence-corrected chi connectivity index (χ4v) is 1.30. The Balaban J connectivity index is 2.29. The van der Waals surface area contributed by atoms with E-state index in [2.05, 4.69) is 17.6 Å². The largest absolute Gasteiger partial charge is 0.265 e. The third-order valence-corrected chi connectivity index (χ3v) is 2.03. The number of thiol groups is 1. The SMILES string of the molecule is S=C(S)CCCc1ccncc1.